The van der Waals surface area contributed by atoms with E-state index in [1.165, 1.54) is 0 Å². The normalized spacial score (nSPS) is 12.2. The van der Waals surface area contributed by atoms with Crippen LogP contribution in [0.4, 0.5) is 13.2 Å². The maximum Gasteiger partial charge on any atom is 0.406 e. The maximum absolute atomic E-state index is 12.4. The first kappa shape index (κ1) is 10.9. The largest absolute Gasteiger partial charge is 0.406 e. The Morgan fingerprint density at radius 1 is 1.25 bits per heavy atom. The maximum atomic E-state index is 12.4. The van der Waals surface area contributed by atoms with Gasteiger partial charge >= 0.3 is 6.18 Å². The zero-order chi connectivity index (χ0) is 11.8. The Morgan fingerprint density at radius 2 is 1.94 bits per heavy atom. The summed E-state index contributed by atoms with van der Waals surface area (Å²) in [5.41, 5.74) is 6.38. The second-order valence-corrected chi connectivity index (χ2v) is 3.42. The molecule has 0 fully saturated rings. The number of aromatic nitrogens is 2. The Kier molecular flexibility index (Phi) is 2.59. The topological polar surface area (TPSA) is 43.8 Å². The molecule has 1 heterocycles. The third-order valence-electron chi connectivity index (χ3n) is 2.25. The first-order valence-corrected chi connectivity index (χ1v) is 4.72. The summed E-state index contributed by atoms with van der Waals surface area (Å²) < 4.78 is 38.2. The molecule has 0 unspecified atom stereocenters. The Bertz CT molecular complexity index is 501. The molecule has 6 heteroatoms. The van der Waals surface area contributed by atoms with Crippen molar-refractivity contribution in [2.75, 3.05) is 0 Å². The lowest BCUT2D eigenvalue weighted by Gasteiger charge is -2.10. The van der Waals surface area contributed by atoms with Gasteiger partial charge in [-0.05, 0) is 12.1 Å². The Hall–Kier alpha value is -1.56. The Labute approximate surface area is 89.7 Å². The molecular weight excluding hydrogens is 219 g/mol. The molecule has 0 aliphatic carbocycles. The molecule has 0 saturated heterocycles. The van der Waals surface area contributed by atoms with E-state index in [2.05, 4.69) is 4.98 Å². The molecule has 2 rings (SSSR count). The van der Waals surface area contributed by atoms with Crippen molar-refractivity contribution in [3.05, 3.63) is 30.1 Å². The molecule has 0 saturated carbocycles. The minimum absolute atomic E-state index is 0.00917. The molecule has 0 radical (unpaired) electrons. The molecule has 0 bridgehead atoms. The van der Waals surface area contributed by atoms with Crippen LogP contribution in [-0.4, -0.2) is 15.7 Å². The molecule has 0 aliphatic rings. The van der Waals surface area contributed by atoms with E-state index in [0.717, 1.165) is 4.57 Å². The molecule has 1 aromatic carbocycles. The van der Waals surface area contributed by atoms with Gasteiger partial charge in [-0.1, -0.05) is 12.1 Å². The number of hydrogen-bond donors (Lipinski definition) is 1. The minimum atomic E-state index is -4.27. The lowest BCUT2D eigenvalue weighted by Crippen LogP contribution is -2.20. The van der Waals surface area contributed by atoms with E-state index in [1.807, 2.05) is 0 Å². The van der Waals surface area contributed by atoms with Crippen molar-refractivity contribution in [2.45, 2.75) is 19.3 Å². The van der Waals surface area contributed by atoms with Crippen molar-refractivity contribution in [3.8, 4) is 0 Å². The summed E-state index contributed by atoms with van der Waals surface area (Å²) in [5, 5.41) is 0. The molecule has 86 valence electrons. The third-order valence-corrected chi connectivity index (χ3v) is 2.25. The third kappa shape index (κ3) is 2.01. The lowest BCUT2D eigenvalue weighted by atomic mass is 10.3. The van der Waals surface area contributed by atoms with E-state index in [9.17, 15) is 13.2 Å². The van der Waals surface area contributed by atoms with Crippen molar-refractivity contribution >= 4 is 11.0 Å². The summed E-state index contributed by atoms with van der Waals surface area (Å²) in [6.45, 7) is -1.06. The zero-order valence-corrected chi connectivity index (χ0v) is 8.33. The SMILES string of the molecule is NCc1nc2ccccc2n1CC(F)(F)F. The Balaban J connectivity index is 2.56. The van der Waals surface area contributed by atoms with Gasteiger partial charge in [0.2, 0.25) is 0 Å². The second-order valence-electron chi connectivity index (χ2n) is 3.42. The fourth-order valence-electron chi connectivity index (χ4n) is 1.64. The summed E-state index contributed by atoms with van der Waals surface area (Å²) >= 11 is 0. The van der Waals surface area contributed by atoms with E-state index < -0.39 is 12.7 Å². The van der Waals surface area contributed by atoms with Gasteiger partial charge in [-0.2, -0.15) is 13.2 Å². The van der Waals surface area contributed by atoms with Crippen molar-refractivity contribution in [2.24, 2.45) is 5.73 Å². The highest BCUT2D eigenvalue weighted by Crippen LogP contribution is 2.23. The molecule has 16 heavy (non-hydrogen) atoms. The van der Waals surface area contributed by atoms with Crippen molar-refractivity contribution in [1.82, 2.24) is 9.55 Å². The van der Waals surface area contributed by atoms with Crippen LogP contribution in [0.3, 0.4) is 0 Å². The number of fused-ring (bicyclic) bond motifs is 1. The van der Waals surface area contributed by atoms with Crippen LogP contribution in [-0.2, 0) is 13.1 Å². The average molecular weight is 229 g/mol. The molecular formula is C10H10F3N3. The van der Waals surface area contributed by atoms with Gasteiger partial charge in [0.1, 0.15) is 12.4 Å². The fourth-order valence-corrected chi connectivity index (χ4v) is 1.64. The summed E-state index contributed by atoms with van der Waals surface area (Å²) in [7, 11) is 0. The molecule has 3 nitrogen and oxygen atoms in total. The number of halogens is 3. The van der Waals surface area contributed by atoms with Crippen LogP contribution >= 0.6 is 0 Å². The summed E-state index contributed by atoms with van der Waals surface area (Å²) in [6, 6.07) is 6.68. The van der Waals surface area contributed by atoms with Crippen LogP contribution in [0.15, 0.2) is 24.3 Å². The Morgan fingerprint density at radius 3 is 2.56 bits per heavy atom. The van der Waals surface area contributed by atoms with Gasteiger partial charge in [-0.3, -0.25) is 0 Å². The van der Waals surface area contributed by atoms with Gasteiger partial charge < -0.3 is 10.3 Å². The van der Waals surface area contributed by atoms with Gasteiger partial charge in [0.05, 0.1) is 17.6 Å². The lowest BCUT2D eigenvalue weighted by molar-refractivity contribution is -0.140. The van der Waals surface area contributed by atoms with Gasteiger partial charge in [0.15, 0.2) is 0 Å². The molecule has 0 spiro atoms. The van der Waals surface area contributed by atoms with Crippen LogP contribution in [0.2, 0.25) is 0 Å². The van der Waals surface area contributed by atoms with Crippen LogP contribution in [0, 0.1) is 0 Å². The molecule has 1 aromatic heterocycles. The summed E-state index contributed by atoms with van der Waals surface area (Å²) in [5.74, 6) is 0.249. The van der Waals surface area contributed by atoms with E-state index in [4.69, 9.17) is 5.73 Å². The number of rotatable bonds is 2. The average Bonchev–Trinajstić information content (AvgIpc) is 2.55. The predicted octanol–water partition coefficient (Wildman–Crippen LogP) is 2.06. The molecule has 2 N–H and O–H groups in total. The molecule has 2 aromatic rings. The van der Waals surface area contributed by atoms with E-state index in [-0.39, 0.29) is 12.4 Å². The van der Waals surface area contributed by atoms with Crippen molar-refractivity contribution < 1.29 is 13.2 Å². The predicted molar refractivity (Wildman–Crippen MR) is 53.7 cm³/mol. The summed E-state index contributed by atoms with van der Waals surface area (Å²) in [6.07, 6.45) is -4.27. The highest BCUT2D eigenvalue weighted by Gasteiger charge is 2.29. The van der Waals surface area contributed by atoms with Crippen LogP contribution < -0.4 is 5.73 Å². The molecule has 0 aliphatic heterocycles. The number of imidazole rings is 1. The molecule has 0 amide bonds. The van der Waals surface area contributed by atoms with E-state index in [0.29, 0.717) is 11.0 Å². The second kappa shape index (κ2) is 3.79. The first-order chi connectivity index (χ1) is 7.51. The summed E-state index contributed by atoms with van der Waals surface area (Å²) in [4.78, 5) is 4.05. The number of alkyl halides is 3. The highest BCUT2D eigenvalue weighted by molar-refractivity contribution is 5.75. The van der Waals surface area contributed by atoms with E-state index >= 15 is 0 Å². The highest BCUT2D eigenvalue weighted by atomic mass is 19.4. The fraction of sp³-hybridized carbons (Fsp3) is 0.300. The van der Waals surface area contributed by atoms with Crippen molar-refractivity contribution in [3.63, 3.8) is 0 Å². The van der Waals surface area contributed by atoms with Crippen LogP contribution in [0.1, 0.15) is 5.82 Å². The molecule has 0 atom stereocenters. The number of para-hydroxylation sites is 2. The number of nitrogens with two attached hydrogens (primary N) is 1. The first-order valence-electron chi connectivity index (χ1n) is 4.72. The quantitative estimate of drug-likeness (QED) is 0.856. The number of hydrogen-bond acceptors (Lipinski definition) is 2. The van der Waals surface area contributed by atoms with E-state index in [1.54, 1.807) is 24.3 Å². The van der Waals surface area contributed by atoms with Crippen LogP contribution in [0.25, 0.3) is 11.0 Å². The smallest absolute Gasteiger partial charge is 0.324 e. The zero-order valence-electron chi connectivity index (χ0n) is 8.33. The monoisotopic (exact) mass is 229 g/mol. The number of benzene rings is 1. The van der Waals surface area contributed by atoms with Gasteiger partial charge in [0, 0.05) is 0 Å². The standard InChI is InChI=1S/C10H10F3N3/c11-10(12,13)6-16-8-4-2-1-3-7(8)15-9(16)5-14/h1-4H,5-6,14H2. The van der Waals surface area contributed by atoms with Gasteiger partial charge in [-0.15, -0.1) is 0 Å². The van der Waals surface area contributed by atoms with Crippen molar-refractivity contribution in [1.29, 1.82) is 0 Å². The van der Waals surface area contributed by atoms with Gasteiger partial charge in [0.25, 0.3) is 0 Å². The number of nitrogens with zero attached hydrogens (tertiary/aromatic N) is 2. The van der Waals surface area contributed by atoms with Gasteiger partial charge in [-0.25, -0.2) is 4.98 Å². The van der Waals surface area contributed by atoms with Crippen LogP contribution in [0.5, 0.6) is 0 Å². The minimum Gasteiger partial charge on any atom is -0.324 e.